The van der Waals surface area contributed by atoms with Gasteiger partial charge in [0.1, 0.15) is 0 Å². The summed E-state index contributed by atoms with van der Waals surface area (Å²) in [6.45, 7) is 6.16. The van der Waals surface area contributed by atoms with Crippen molar-refractivity contribution in [3.05, 3.63) is 44.6 Å². The standard InChI is InChI=1S/C19H23N3O5/c1-4-22-16(24)13-6-5-12(9-14(13)20-18(22)27)15(23)21-8-7-19(10-21,11(2)3)17(25)26/h5-6,9,11H,4,7-8,10H2,1-3H3,(H,20,27)(H,25,26). The summed E-state index contributed by atoms with van der Waals surface area (Å²) in [4.78, 5) is 53.1. The fourth-order valence-electron chi connectivity index (χ4n) is 3.76. The van der Waals surface area contributed by atoms with Gasteiger partial charge in [-0.05, 0) is 37.5 Å². The molecule has 27 heavy (non-hydrogen) atoms. The number of aromatic nitrogens is 2. The molecule has 8 nitrogen and oxygen atoms in total. The second kappa shape index (κ2) is 6.68. The topological polar surface area (TPSA) is 112 Å². The van der Waals surface area contributed by atoms with Crippen molar-refractivity contribution in [3.8, 4) is 0 Å². The minimum absolute atomic E-state index is 0.103. The van der Waals surface area contributed by atoms with E-state index >= 15 is 0 Å². The number of rotatable bonds is 4. The molecule has 1 atom stereocenters. The zero-order chi connectivity index (χ0) is 19.9. The zero-order valence-electron chi connectivity index (χ0n) is 15.6. The van der Waals surface area contributed by atoms with Gasteiger partial charge in [0.05, 0.1) is 16.3 Å². The Balaban J connectivity index is 1.97. The molecule has 1 aliphatic rings. The predicted molar refractivity (Wildman–Crippen MR) is 99.9 cm³/mol. The first-order valence-corrected chi connectivity index (χ1v) is 9.01. The van der Waals surface area contributed by atoms with Gasteiger partial charge in [-0.1, -0.05) is 13.8 Å². The third kappa shape index (κ3) is 2.94. The van der Waals surface area contributed by atoms with Gasteiger partial charge in [0.25, 0.3) is 11.5 Å². The molecular formula is C19H23N3O5. The Hall–Kier alpha value is -2.90. The summed E-state index contributed by atoms with van der Waals surface area (Å²) in [7, 11) is 0. The van der Waals surface area contributed by atoms with Crippen molar-refractivity contribution in [2.75, 3.05) is 13.1 Å². The van der Waals surface area contributed by atoms with Gasteiger partial charge in [0.15, 0.2) is 0 Å². The highest BCUT2D eigenvalue weighted by molar-refractivity contribution is 5.98. The van der Waals surface area contributed by atoms with E-state index in [0.29, 0.717) is 29.4 Å². The van der Waals surface area contributed by atoms with Crippen LogP contribution in [0.25, 0.3) is 10.9 Å². The number of carboxylic acid groups (broad SMARTS) is 1. The van der Waals surface area contributed by atoms with Crippen molar-refractivity contribution < 1.29 is 14.7 Å². The number of nitrogens with zero attached hydrogens (tertiary/aromatic N) is 2. The molecule has 2 N–H and O–H groups in total. The number of fused-ring (bicyclic) bond motifs is 1. The molecule has 1 fully saturated rings. The molecule has 2 aromatic rings. The molecule has 1 unspecified atom stereocenters. The van der Waals surface area contributed by atoms with Crippen molar-refractivity contribution in [1.82, 2.24) is 14.5 Å². The lowest BCUT2D eigenvalue weighted by Gasteiger charge is -2.28. The summed E-state index contributed by atoms with van der Waals surface area (Å²) in [6, 6.07) is 4.55. The van der Waals surface area contributed by atoms with E-state index in [0.717, 1.165) is 4.57 Å². The van der Waals surface area contributed by atoms with Gasteiger partial charge in [0.2, 0.25) is 0 Å². The number of nitrogens with one attached hydrogen (secondary N) is 1. The lowest BCUT2D eigenvalue weighted by atomic mass is 9.76. The van der Waals surface area contributed by atoms with E-state index in [9.17, 15) is 24.3 Å². The Morgan fingerprint density at radius 2 is 2.00 bits per heavy atom. The molecule has 1 saturated heterocycles. The second-order valence-electron chi connectivity index (χ2n) is 7.33. The van der Waals surface area contributed by atoms with Crippen molar-refractivity contribution >= 4 is 22.8 Å². The van der Waals surface area contributed by atoms with Crippen LogP contribution in [-0.4, -0.2) is 44.5 Å². The van der Waals surface area contributed by atoms with Crippen LogP contribution in [0.15, 0.2) is 27.8 Å². The van der Waals surface area contributed by atoms with Crippen LogP contribution in [0, 0.1) is 11.3 Å². The summed E-state index contributed by atoms with van der Waals surface area (Å²) < 4.78 is 1.09. The minimum atomic E-state index is -0.949. The van der Waals surface area contributed by atoms with Gasteiger partial charge < -0.3 is 15.0 Å². The number of H-pyrrole nitrogens is 1. The molecule has 2 heterocycles. The highest BCUT2D eigenvalue weighted by Crippen LogP contribution is 2.38. The molecule has 0 saturated carbocycles. The van der Waals surface area contributed by atoms with E-state index in [-0.39, 0.29) is 24.9 Å². The van der Waals surface area contributed by atoms with Crippen LogP contribution in [0.2, 0.25) is 0 Å². The number of amides is 1. The number of carbonyl (C=O) groups is 2. The summed E-state index contributed by atoms with van der Waals surface area (Å²) >= 11 is 0. The normalized spacial score (nSPS) is 19.8. The predicted octanol–water partition coefficient (Wildman–Crippen LogP) is 1.28. The van der Waals surface area contributed by atoms with Crippen LogP contribution >= 0.6 is 0 Å². The number of hydrogen-bond donors (Lipinski definition) is 2. The van der Waals surface area contributed by atoms with Crippen LogP contribution < -0.4 is 11.2 Å². The Morgan fingerprint density at radius 1 is 1.30 bits per heavy atom. The first-order valence-electron chi connectivity index (χ1n) is 9.01. The first kappa shape index (κ1) is 18.9. The number of likely N-dealkylation sites (tertiary alicyclic amines) is 1. The van der Waals surface area contributed by atoms with Gasteiger partial charge in [0, 0.05) is 25.2 Å². The van der Waals surface area contributed by atoms with E-state index in [1.807, 2.05) is 13.8 Å². The van der Waals surface area contributed by atoms with Gasteiger partial charge in [-0.3, -0.25) is 19.0 Å². The van der Waals surface area contributed by atoms with Crippen LogP contribution in [0.5, 0.6) is 0 Å². The molecule has 1 aromatic carbocycles. The van der Waals surface area contributed by atoms with E-state index in [4.69, 9.17) is 0 Å². The lowest BCUT2D eigenvalue weighted by molar-refractivity contribution is -0.150. The van der Waals surface area contributed by atoms with E-state index in [1.165, 1.54) is 17.0 Å². The van der Waals surface area contributed by atoms with Gasteiger partial charge in [-0.15, -0.1) is 0 Å². The Morgan fingerprint density at radius 3 is 2.56 bits per heavy atom. The largest absolute Gasteiger partial charge is 0.481 e. The lowest BCUT2D eigenvalue weighted by Crippen LogP contribution is -2.40. The number of carbonyl (C=O) groups excluding carboxylic acids is 1. The van der Waals surface area contributed by atoms with Crippen LogP contribution in [-0.2, 0) is 11.3 Å². The Labute approximate surface area is 155 Å². The quantitative estimate of drug-likeness (QED) is 0.838. The molecule has 0 spiro atoms. The van der Waals surface area contributed by atoms with Crippen molar-refractivity contribution in [2.24, 2.45) is 11.3 Å². The van der Waals surface area contributed by atoms with E-state index < -0.39 is 22.6 Å². The Bertz CT molecular complexity index is 1040. The monoisotopic (exact) mass is 373 g/mol. The van der Waals surface area contributed by atoms with Crippen molar-refractivity contribution in [3.63, 3.8) is 0 Å². The maximum absolute atomic E-state index is 12.9. The zero-order valence-corrected chi connectivity index (χ0v) is 15.6. The molecule has 8 heteroatoms. The number of aromatic amines is 1. The molecule has 1 amide bonds. The molecule has 0 aliphatic carbocycles. The number of aliphatic carboxylic acids is 1. The average molecular weight is 373 g/mol. The van der Waals surface area contributed by atoms with Crippen molar-refractivity contribution in [2.45, 2.75) is 33.7 Å². The Kier molecular flexibility index (Phi) is 4.67. The maximum atomic E-state index is 12.9. The summed E-state index contributed by atoms with van der Waals surface area (Å²) in [5.74, 6) is -1.30. The number of carboxylic acids is 1. The summed E-state index contributed by atoms with van der Waals surface area (Å²) in [6.07, 6.45) is 0.400. The van der Waals surface area contributed by atoms with Gasteiger partial charge >= 0.3 is 11.7 Å². The fourth-order valence-corrected chi connectivity index (χ4v) is 3.76. The van der Waals surface area contributed by atoms with Crippen molar-refractivity contribution in [1.29, 1.82) is 0 Å². The SMILES string of the molecule is CCn1c(=O)[nH]c2cc(C(=O)N3CCC(C(=O)O)(C(C)C)C3)ccc2c1=O. The maximum Gasteiger partial charge on any atom is 0.328 e. The summed E-state index contributed by atoms with van der Waals surface area (Å²) in [5, 5.41) is 9.97. The molecule has 0 radical (unpaired) electrons. The smallest absolute Gasteiger partial charge is 0.328 e. The van der Waals surface area contributed by atoms with E-state index in [1.54, 1.807) is 13.0 Å². The van der Waals surface area contributed by atoms with Gasteiger partial charge in [-0.25, -0.2) is 4.79 Å². The van der Waals surface area contributed by atoms with E-state index in [2.05, 4.69) is 4.98 Å². The molecule has 144 valence electrons. The van der Waals surface area contributed by atoms with Crippen LogP contribution in [0.1, 0.15) is 37.6 Å². The second-order valence-corrected chi connectivity index (χ2v) is 7.33. The average Bonchev–Trinajstić information content (AvgIpc) is 3.08. The van der Waals surface area contributed by atoms with Crippen LogP contribution in [0.4, 0.5) is 0 Å². The molecule has 3 rings (SSSR count). The first-order chi connectivity index (χ1) is 12.7. The number of hydrogen-bond acceptors (Lipinski definition) is 4. The minimum Gasteiger partial charge on any atom is -0.481 e. The third-order valence-electron chi connectivity index (χ3n) is 5.66. The molecule has 1 aromatic heterocycles. The van der Waals surface area contributed by atoms with Crippen LogP contribution in [0.3, 0.4) is 0 Å². The molecule has 0 bridgehead atoms. The molecular weight excluding hydrogens is 350 g/mol. The van der Waals surface area contributed by atoms with Gasteiger partial charge in [-0.2, -0.15) is 0 Å². The molecule has 1 aliphatic heterocycles. The third-order valence-corrected chi connectivity index (χ3v) is 5.66. The number of benzene rings is 1. The highest BCUT2D eigenvalue weighted by atomic mass is 16.4. The summed E-state index contributed by atoms with van der Waals surface area (Å²) in [5.41, 5.74) is -1.26. The highest BCUT2D eigenvalue weighted by Gasteiger charge is 2.48. The fraction of sp³-hybridized carbons (Fsp3) is 0.474.